The molecule has 0 aromatic heterocycles. The van der Waals surface area contributed by atoms with Crippen molar-refractivity contribution in [2.75, 3.05) is 0 Å². The van der Waals surface area contributed by atoms with Gasteiger partial charge in [0.1, 0.15) is 0 Å². The van der Waals surface area contributed by atoms with E-state index in [1.165, 1.54) is 0 Å². The van der Waals surface area contributed by atoms with Gasteiger partial charge in [0.2, 0.25) is 0 Å². The van der Waals surface area contributed by atoms with Crippen LogP contribution in [0.4, 0.5) is 0 Å². The normalized spacial score (nSPS) is 11.1. The molecule has 6 aliphatic carbocycles. The van der Waals surface area contributed by atoms with Gasteiger partial charge in [0.25, 0.3) is 0 Å². The monoisotopic (exact) mass is 757 g/mol. The van der Waals surface area contributed by atoms with Gasteiger partial charge in [-0.15, -0.1) is 0 Å². The summed E-state index contributed by atoms with van der Waals surface area (Å²) < 4.78 is 0. The van der Waals surface area contributed by atoms with Crippen molar-refractivity contribution in [2.24, 2.45) is 0 Å². The van der Waals surface area contributed by atoms with Gasteiger partial charge in [-0.2, -0.15) is 0 Å². The van der Waals surface area contributed by atoms with Crippen LogP contribution in [0.1, 0.15) is 205 Å². The Morgan fingerprint density at radius 1 is 0.130 bits per heavy atom. The molecule has 0 unspecified atom stereocenters. The number of hydrogen-bond acceptors (Lipinski definition) is 0. The summed E-state index contributed by atoms with van der Waals surface area (Å²) in [6.45, 7) is 48.0. The summed E-state index contributed by atoms with van der Waals surface area (Å²) in [4.78, 5) is 0. The molecule has 0 bridgehead atoms. The van der Waals surface area contributed by atoms with Crippen LogP contribution in [0.3, 0.4) is 0 Å². The highest BCUT2D eigenvalue weighted by molar-refractivity contribution is 5.14. The molecule has 6 rings (SSSR count). The highest BCUT2D eigenvalue weighted by atomic mass is 13.8. The van der Waals surface area contributed by atoms with E-state index in [0.29, 0.717) is 0 Å². The van der Waals surface area contributed by atoms with E-state index in [2.05, 4.69) is 146 Å². The zero-order chi connectivity index (χ0) is 45.2. The molecule has 54 heavy (non-hydrogen) atoms. The molecule has 0 aromatic carbocycles. The summed E-state index contributed by atoms with van der Waals surface area (Å²) >= 11 is 0. The van der Waals surface area contributed by atoms with Crippen molar-refractivity contribution in [3.63, 3.8) is 0 Å². The zero-order valence-corrected chi connectivity index (χ0v) is 42.1. The van der Waals surface area contributed by atoms with Gasteiger partial charge in [0, 0.05) is 0 Å². The molecule has 0 atom stereocenters. The van der Waals surface area contributed by atoms with Crippen molar-refractivity contribution in [1.29, 1.82) is 0 Å². The van der Waals surface area contributed by atoms with Crippen LogP contribution in [0.2, 0.25) is 0 Å². The minimum Gasteiger partial charge on any atom is -0.0808 e. The third-order valence-corrected chi connectivity index (χ3v) is 3.93. The summed E-state index contributed by atoms with van der Waals surface area (Å²) in [5, 5.41) is 0. The van der Waals surface area contributed by atoms with Crippen molar-refractivity contribution in [1.82, 2.24) is 0 Å². The fraction of sp³-hybridized carbons (Fsp3) is 0.556. The number of allylic oxidation sites excluding steroid dienone is 24. The lowest BCUT2D eigenvalue weighted by atomic mass is 10.5. The van der Waals surface area contributed by atoms with Gasteiger partial charge in [0.05, 0.1) is 0 Å². The zero-order valence-electron chi connectivity index (χ0n) is 42.1. The Labute approximate surface area is 349 Å². The minimum atomic E-state index is 1.14. The topological polar surface area (TPSA) is 0 Å². The first-order valence-electron chi connectivity index (χ1n) is 22.9. The Morgan fingerprint density at radius 3 is 0.204 bits per heavy atom. The number of hydrogen-bond donors (Lipinski definition) is 0. The van der Waals surface area contributed by atoms with Gasteiger partial charge in [0.15, 0.2) is 0 Å². The molecule has 0 spiro atoms. The van der Waals surface area contributed by atoms with Gasteiger partial charge in [-0.05, 0) is 38.5 Å². The Bertz CT molecular complexity index is 519. The van der Waals surface area contributed by atoms with E-state index in [4.69, 9.17) is 0 Å². The molecule has 0 saturated heterocycles. The second kappa shape index (κ2) is 165. The van der Waals surface area contributed by atoms with Crippen LogP contribution in [-0.2, 0) is 0 Å². The van der Waals surface area contributed by atoms with Crippen molar-refractivity contribution in [2.45, 2.75) is 205 Å². The Morgan fingerprint density at radius 2 is 0.185 bits per heavy atom. The lowest BCUT2D eigenvalue weighted by Crippen LogP contribution is -1.37. The van der Waals surface area contributed by atoms with Crippen molar-refractivity contribution in [3.05, 3.63) is 146 Å². The van der Waals surface area contributed by atoms with Crippen LogP contribution in [0.25, 0.3) is 0 Å². The van der Waals surface area contributed by atoms with Crippen LogP contribution in [0.5, 0.6) is 0 Å². The lowest BCUT2D eigenvalue weighted by Gasteiger charge is -1.57. The van der Waals surface area contributed by atoms with Crippen molar-refractivity contribution < 1.29 is 0 Å². The SMILES string of the molecule is C1=CCC=C1.C1=CCC=C1.C1=CCC=C1.C1=CCC=C1.C1=CCC=C1.C1=CCC=C1.CC.CC.CC.CC.CC.CC.CC.CC.CC.CC.CC.CC. The molecule has 0 radical (unpaired) electrons. The molecule has 0 aromatic rings. The third-order valence-electron chi connectivity index (χ3n) is 3.93. The highest BCUT2D eigenvalue weighted by Crippen LogP contribution is 1.95. The van der Waals surface area contributed by atoms with E-state index in [9.17, 15) is 0 Å². The van der Waals surface area contributed by atoms with E-state index < -0.39 is 0 Å². The van der Waals surface area contributed by atoms with E-state index >= 15 is 0 Å². The van der Waals surface area contributed by atoms with Crippen molar-refractivity contribution in [3.8, 4) is 0 Å². The first kappa shape index (κ1) is 83.7. The minimum absolute atomic E-state index is 1.14. The van der Waals surface area contributed by atoms with Crippen molar-refractivity contribution >= 4 is 0 Å². The molecule has 0 amide bonds. The van der Waals surface area contributed by atoms with E-state index in [0.717, 1.165) is 38.5 Å². The quantitative estimate of drug-likeness (QED) is 0.231. The Balaban J connectivity index is -0.0000000354. The summed E-state index contributed by atoms with van der Waals surface area (Å²) in [6.07, 6.45) is 57.0. The lowest BCUT2D eigenvalue weighted by molar-refractivity contribution is 1.45. The summed E-state index contributed by atoms with van der Waals surface area (Å²) in [7, 11) is 0. The molecular formula is C54H108. The molecular weight excluding hydrogens is 649 g/mol. The smallest absolute Gasteiger partial charge is 0.0163 e. The van der Waals surface area contributed by atoms with Crippen LogP contribution >= 0.6 is 0 Å². The maximum Gasteiger partial charge on any atom is -0.0163 e. The molecule has 6 aliphatic rings. The fourth-order valence-electron chi connectivity index (χ4n) is 2.36. The summed E-state index contributed by atoms with van der Waals surface area (Å²) in [5.41, 5.74) is 0. The van der Waals surface area contributed by atoms with E-state index in [-0.39, 0.29) is 0 Å². The van der Waals surface area contributed by atoms with Crippen LogP contribution in [-0.4, -0.2) is 0 Å². The maximum absolute atomic E-state index is 2.12. The molecule has 0 heteroatoms. The van der Waals surface area contributed by atoms with E-state index in [1.807, 2.05) is 166 Å². The van der Waals surface area contributed by atoms with Gasteiger partial charge in [-0.25, -0.2) is 0 Å². The van der Waals surface area contributed by atoms with Gasteiger partial charge in [-0.1, -0.05) is 312 Å². The largest absolute Gasteiger partial charge is 0.0808 e. The molecule has 324 valence electrons. The number of rotatable bonds is 0. The predicted molar refractivity (Wildman–Crippen MR) is 274 cm³/mol. The van der Waals surface area contributed by atoms with Crippen LogP contribution in [0, 0.1) is 0 Å². The first-order valence-corrected chi connectivity index (χ1v) is 22.9. The maximum atomic E-state index is 2.12. The molecule has 0 heterocycles. The molecule has 0 aliphatic heterocycles. The summed E-state index contributed by atoms with van der Waals surface area (Å²) in [5.74, 6) is 0. The Hall–Kier alpha value is -3.12. The first-order chi connectivity index (χ1) is 27.0. The second-order valence-corrected chi connectivity index (χ2v) is 6.55. The third kappa shape index (κ3) is 155. The van der Waals surface area contributed by atoms with Gasteiger partial charge < -0.3 is 0 Å². The average Bonchev–Trinajstić information content (AvgIpc) is 4.17. The molecule has 0 N–H and O–H groups in total. The molecule has 0 nitrogen and oxygen atoms in total. The molecule has 0 fully saturated rings. The van der Waals surface area contributed by atoms with Gasteiger partial charge in [-0.3, -0.25) is 0 Å². The Kier molecular flexibility index (Phi) is 256. The van der Waals surface area contributed by atoms with Crippen LogP contribution < -0.4 is 0 Å². The molecule has 0 saturated carbocycles. The highest BCUT2D eigenvalue weighted by Gasteiger charge is 1.74. The van der Waals surface area contributed by atoms with E-state index in [1.54, 1.807) is 0 Å². The van der Waals surface area contributed by atoms with Crippen LogP contribution in [0.15, 0.2) is 146 Å². The summed E-state index contributed by atoms with van der Waals surface area (Å²) in [6, 6.07) is 0. The predicted octanol–water partition coefficient (Wildman–Crippen LogP) is 21.3. The standard InChI is InChI=1S/6C5H6.12C2H6/c6*1-2-4-5-3-1;12*1-2/h6*1-4H,5H2;12*1-2H3. The average molecular weight is 757 g/mol. The van der Waals surface area contributed by atoms with Gasteiger partial charge >= 0.3 is 0 Å². The fourth-order valence-corrected chi connectivity index (χ4v) is 2.36. The second-order valence-electron chi connectivity index (χ2n) is 6.55.